The molecule has 0 unspecified atom stereocenters. The second-order valence-electron chi connectivity index (χ2n) is 6.97. The third-order valence-electron chi connectivity index (χ3n) is 4.70. The molecule has 1 aromatic rings. The van der Waals surface area contributed by atoms with Crippen molar-refractivity contribution in [1.82, 2.24) is 10.2 Å². The Hall–Kier alpha value is -1.79. The Labute approximate surface area is 150 Å². The van der Waals surface area contributed by atoms with E-state index < -0.39 is 0 Å². The Morgan fingerprint density at radius 3 is 2.72 bits per heavy atom. The Morgan fingerprint density at radius 2 is 2.08 bits per heavy atom. The van der Waals surface area contributed by atoms with E-state index >= 15 is 0 Å². The number of rotatable bonds is 8. The van der Waals surface area contributed by atoms with Crippen LogP contribution in [-0.2, 0) is 9.53 Å². The van der Waals surface area contributed by atoms with Crippen molar-refractivity contribution in [1.29, 1.82) is 0 Å². The van der Waals surface area contributed by atoms with E-state index in [1.165, 1.54) is 0 Å². The molecule has 0 aliphatic carbocycles. The molecule has 6 heteroatoms. The van der Waals surface area contributed by atoms with Crippen LogP contribution in [0.25, 0.3) is 0 Å². The summed E-state index contributed by atoms with van der Waals surface area (Å²) in [5, 5.41) is 6.40. The second kappa shape index (κ2) is 9.06. The number of anilines is 1. The van der Waals surface area contributed by atoms with Gasteiger partial charge in [0.15, 0.2) is 0 Å². The molecule has 6 nitrogen and oxygen atoms in total. The highest BCUT2D eigenvalue weighted by atomic mass is 16.5. The van der Waals surface area contributed by atoms with Gasteiger partial charge in [-0.15, -0.1) is 0 Å². The van der Waals surface area contributed by atoms with Crippen molar-refractivity contribution in [2.75, 3.05) is 45.3 Å². The highest BCUT2D eigenvalue weighted by Gasteiger charge is 2.29. The molecule has 1 saturated heterocycles. The lowest BCUT2D eigenvalue weighted by molar-refractivity contribution is -0.122. The van der Waals surface area contributed by atoms with Crippen LogP contribution in [-0.4, -0.2) is 62.3 Å². The number of morpholine rings is 1. The highest BCUT2D eigenvalue weighted by Crippen LogP contribution is 2.19. The van der Waals surface area contributed by atoms with Crippen molar-refractivity contribution >= 4 is 11.6 Å². The van der Waals surface area contributed by atoms with Gasteiger partial charge in [-0.25, -0.2) is 0 Å². The molecule has 0 saturated carbocycles. The number of methoxy groups -OCH3 is 1. The summed E-state index contributed by atoms with van der Waals surface area (Å²) in [6, 6.07) is 7.36. The van der Waals surface area contributed by atoms with Crippen LogP contribution < -0.4 is 15.4 Å². The lowest BCUT2D eigenvalue weighted by Crippen LogP contribution is -2.56. The molecule has 25 heavy (non-hydrogen) atoms. The second-order valence-corrected chi connectivity index (χ2v) is 6.97. The van der Waals surface area contributed by atoms with Crippen molar-refractivity contribution < 1.29 is 14.3 Å². The molecule has 1 aliphatic rings. The Balaban J connectivity index is 1.90. The topological polar surface area (TPSA) is 62.8 Å². The van der Waals surface area contributed by atoms with Gasteiger partial charge in [-0.2, -0.15) is 0 Å². The zero-order valence-corrected chi connectivity index (χ0v) is 15.8. The van der Waals surface area contributed by atoms with Gasteiger partial charge in [0.25, 0.3) is 0 Å². The zero-order valence-electron chi connectivity index (χ0n) is 15.8. The third kappa shape index (κ3) is 5.61. The van der Waals surface area contributed by atoms with Gasteiger partial charge in [-0.05, 0) is 32.4 Å². The summed E-state index contributed by atoms with van der Waals surface area (Å²) < 4.78 is 10.6. The van der Waals surface area contributed by atoms with E-state index in [1.54, 1.807) is 7.11 Å². The molecule has 2 N–H and O–H groups in total. The first-order valence-electron chi connectivity index (χ1n) is 8.97. The Morgan fingerprint density at radius 1 is 1.36 bits per heavy atom. The van der Waals surface area contributed by atoms with Gasteiger partial charge in [0.1, 0.15) is 11.8 Å². The summed E-state index contributed by atoms with van der Waals surface area (Å²) in [5.74, 6) is 0.792. The number of amides is 1. The summed E-state index contributed by atoms with van der Waals surface area (Å²) in [6.45, 7) is 10.3. The van der Waals surface area contributed by atoms with Crippen LogP contribution in [0.1, 0.15) is 27.2 Å². The maximum Gasteiger partial charge on any atom is 0.242 e. The van der Waals surface area contributed by atoms with Crippen molar-refractivity contribution in [3.8, 4) is 5.75 Å². The summed E-state index contributed by atoms with van der Waals surface area (Å²) in [5.41, 5.74) is 0.794. The summed E-state index contributed by atoms with van der Waals surface area (Å²) in [7, 11) is 1.64. The Bertz CT molecular complexity index is 557. The van der Waals surface area contributed by atoms with Gasteiger partial charge in [0.05, 0.1) is 20.3 Å². The first-order valence-corrected chi connectivity index (χ1v) is 8.97. The predicted octanol–water partition coefficient (Wildman–Crippen LogP) is 2.11. The maximum atomic E-state index is 12.6. The van der Waals surface area contributed by atoms with E-state index in [0.29, 0.717) is 13.0 Å². The molecule has 0 radical (unpaired) electrons. The number of hydrogen-bond donors (Lipinski definition) is 2. The Kier molecular flexibility index (Phi) is 7.08. The van der Waals surface area contributed by atoms with Gasteiger partial charge >= 0.3 is 0 Å². The van der Waals surface area contributed by atoms with Crippen LogP contribution in [0.5, 0.6) is 5.75 Å². The number of nitrogens with one attached hydrogen (secondary N) is 2. The lowest BCUT2D eigenvalue weighted by atomic mass is 10.0. The van der Waals surface area contributed by atoms with Crippen molar-refractivity contribution in [3.63, 3.8) is 0 Å². The normalized spacial score (nSPS) is 17.0. The monoisotopic (exact) mass is 349 g/mol. The van der Waals surface area contributed by atoms with E-state index in [0.717, 1.165) is 37.7 Å². The number of ether oxygens (including phenoxy) is 2. The van der Waals surface area contributed by atoms with Gasteiger partial charge in [0, 0.05) is 36.9 Å². The average Bonchev–Trinajstić information content (AvgIpc) is 2.65. The number of hydrogen-bond acceptors (Lipinski definition) is 5. The fraction of sp³-hybridized carbons (Fsp3) is 0.632. The van der Waals surface area contributed by atoms with Crippen molar-refractivity contribution in [3.05, 3.63) is 24.3 Å². The first-order chi connectivity index (χ1) is 12.0. The summed E-state index contributed by atoms with van der Waals surface area (Å²) >= 11 is 0. The molecule has 0 aromatic heterocycles. The highest BCUT2D eigenvalue weighted by molar-refractivity contribution is 5.84. The fourth-order valence-corrected chi connectivity index (χ4v) is 2.97. The molecule has 1 atom stereocenters. The predicted molar refractivity (Wildman–Crippen MR) is 100 cm³/mol. The van der Waals surface area contributed by atoms with Gasteiger partial charge in [0.2, 0.25) is 5.91 Å². The minimum atomic E-state index is -0.271. The number of carbonyl (C=O) groups is 1. The quantitative estimate of drug-likeness (QED) is 0.753. The van der Waals surface area contributed by atoms with Gasteiger partial charge < -0.3 is 20.1 Å². The van der Waals surface area contributed by atoms with Crippen LogP contribution in [0.2, 0.25) is 0 Å². The lowest BCUT2D eigenvalue weighted by Gasteiger charge is -2.41. The fourth-order valence-electron chi connectivity index (χ4n) is 2.97. The molecule has 1 heterocycles. The molecule has 0 bridgehead atoms. The van der Waals surface area contributed by atoms with Crippen LogP contribution in [0, 0.1) is 0 Å². The molecule has 1 aromatic carbocycles. The number of carbonyl (C=O) groups excluding carboxylic acids is 1. The largest absolute Gasteiger partial charge is 0.497 e. The molecule has 1 fully saturated rings. The van der Waals surface area contributed by atoms with Crippen LogP contribution in [0.15, 0.2) is 24.3 Å². The van der Waals surface area contributed by atoms with E-state index in [2.05, 4.69) is 29.4 Å². The summed E-state index contributed by atoms with van der Waals surface area (Å²) in [6.07, 6.45) is 0.709. The molecule has 1 amide bonds. The van der Waals surface area contributed by atoms with E-state index in [9.17, 15) is 4.79 Å². The minimum Gasteiger partial charge on any atom is -0.497 e. The van der Waals surface area contributed by atoms with Crippen LogP contribution in [0.4, 0.5) is 5.69 Å². The van der Waals surface area contributed by atoms with Crippen LogP contribution >= 0.6 is 0 Å². The standard InChI is InChI=1S/C19H31N3O3/c1-5-17(21-15-7-6-8-16(13-15)24-4)18(23)20-14-19(2,3)22-9-11-25-12-10-22/h6-8,13,17,21H,5,9-12,14H2,1-4H3,(H,20,23)/t17-/m0/s1. The molecule has 2 rings (SSSR count). The van der Waals surface area contributed by atoms with Crippen molar-refractivity contribution in [2.45, 2.75) is 38.8 Å². The third-order valence-corrected chi connectivity index (χ3v) is 4.70. The zero-order chi connectivity index (χ0) is 18.3. The first kappa shape index (κ1) is 19.5. The smallest absolute Gasteiger partial charge is 0.242 e. The molecular weight excluding hydrogens is 318 g/mol. The van der Waals surface area contributed by atoms with Gasteiger partial charge in [-0.3, -0.25) is 9.69 Å². The van der Waals surface area contributed by atoms with E-state index in [4.69, 9.17) is 9.47 Å². The number of benzene rings is 1. The molecular formula is C19H31N3O3. The summed E-state index contributed by atoms with van der Waals surface area (Å²) in [4.78, 5) is 15.0. The minimum absolute atomic E-state index is 0.0201. The molecule has 140 valence electrons. The SMILES string of the molecule is CC[C@H](Nc1cccc(OC)c1)C(=O)NCC(C)(C)N1CCOCC1. The van der Waals surface area contributed by atoms with E-state index in [1.807, 2.05) is 31.2 Å². The van der Waals surface area contributed by atoms with E-state index in [-0.39, 0.29) is 17.5 Å². The maximum absolute atomic E-state index is 12.6. The van der Waals surface area contributed by atoms with Crippen LogP contribution in [0.3, 0.4) is 0 Å². The average molecular weight is 349 g/mol. The molecule has 0 spiro atoms. The van der Waals surface area contributed by atoms with Gasteiger partial charge in [-0.1, -0.05) is 13.0 Å². The molecule has 1 aliphatic heterocycles. The number of nitrogens with zero attached hydrogens (tertiary/aromatic N) is 1. The van der Waals surface area contributed by atoms with Crippen molar-refractivity contribution in [2.24, 2.45) is 0 Å².